The maximum atomic E-state index is 6.91. The number of hydrogen-bond donors (Lipinski definition) is 0. The summed E-state index contributed by atoms with van der Waals surface area (Å²) in [6.45, 7) is 7.47. The van der Waals surface area contributed by atoms with E-state index >= 15 is 0 Å². The van der Waals surface area contributed by atoms with Gasteiger partial charge < -0.3 is 0 Å². The molecule has 12 rings (SSSR count). The molecular weight excluding hydrogens is 934 g/mol. The molecule has 10 aromatic rings. The number of aromatic nitrogens is 2. The monoisotopic (exact) mass is 983 g/mol. The van der Waals surface area contributed by atoms with Crippen LogP contribution in [0.3, 0.4) is 0 Å². The third kappa shape index (κ3) is 7.42. The van der Waals surface area contributed by atoms with Crippen molar-refractivity contribution < 1.29 is 4.74 Å². The molecule has 1 aromatic heterocycles. The van der Waals surface area contributed by atoms with E-state index in [4.69, 9.17) is 9.72 Å². The van der Waals surface area contributed by atoms with E-state index in [-0.39, 0.29) is 5.41 Å². The quantitative estimate of drug-likeness (QED) is 0.142. The molecule has 324 valence electrons. The summed E-state index contributed by atoms with van der Waals surface area (Å²) >= 11 is -0.743. The van der Waals surface area contributed by atoms with Crippen LogP contribution in [-0.4, -0.2) is 37.1 Å². The van der Waals surface area contributed by atoms with Crippen LogP contribution in [0.25, 0.3) is 39.0 Å². The molecule has 0 N–H and O–H groups in total. The maximum absolute atomic E-state index is 6.91. The summed E-state index contributed by atoms with van der Waals surface area (Å²) in [7, 11) is 0. The van der Waals surface area contributed by atoms with E-state index in [2.05, 4.69) is 258 Å². The van der Waals surface area contributed by atoms with E-state index in [1.165, 1.54) is 29.8 Å². The van der Waals surface area contributed by atoms with Crippen LogP contribution in [0.4, 0.5) is 40.1 Å². The van der Waals surface area contributed by atoms with Crippen molar-refractivity contribution in [2.24, 2.45) is 0 Å². The zero-order valence-corrected chi connectivity index (χ0v) is 39.9. The van der Waals surface area contributed by atoms with Gasteiger partial charge in [0.15, 0.2) is 0 Å². The topological polar surface area (TPSA) is 36.8 Å². The molecule has 2 aliphatic rings. The minimum Gasteiger partial charge on any atom is -0.0564 e. The molecule has 0 bridgehead atoms. The fourth-order valence-electron chi connectivity index (χ4n) is 9.53. The first-order valence-electron chi connectivity index (χ1n) is 22.8. The van der Waals surface area contributed by atoms with Crippen LogP contribution in [0.15, 0.2) is 218 Å². The summed E-state index contributed by atoms with van der Waals surface area (Å²) in [6.07, 6.45) is 0. The van der Waals surface area contributed by atoms with E-state index in [0.717, 1.165) is 73.5 Å². The fraction of sp³-hybridized carbons (Fsp3) is 0.0833. The Balaban J connectivity index is 0.959. The average molecular weight is 982 g/mol. The minimum absolute atomic E-state index is 0.0921. The van der Waals surface area contributed by atoms with E-state index in [1.54, 1.807) is 0 Å². The molecule has 0 fully saturated rings. The van der Waals surface area contributed by atoms with Gasteiger partial charge in [0.05, 0.1) is 0 Å². The van der Waals surface area contributed by atoms with Crippen LogP contribution in [-0.2, 0) is 5.41 Å². The van der Waals surface area contributed by atoms with Gasteiger partial charge in [-0.1, -0.05) is 39.0 Å². The molecule has 7 heteroatoms. The first-order valence-corrected chi connectivity index (χ1v) is 25.1. The number of benzene rings is 9. The summed E-state index contributed by atoms with van der Waals surface area (Å²) in [6, 6.07) is 78.3. The number of hydrogen-bond acceptors (Lipinski definition) is 5. The summed E-state index contributed by atoms with van der Waals surface area (Å²) in [5.41, 5.74) is 15.8. The Morgan fingerprint density at radius 2 is 1.06 bits per heavy atom. The number of rotatable bonds is 8. The molecule has 2 aliphatic heterocycles. The Morgan fingerprint density at radius 3 is 1.76 bits per heavy atom. The van der Waals surface area contributed by atoms with Crippen LogP contribution >= 0.6 is 0 Å². The van der Waals surface area contributed by atoms with Crippen molar-refractivity contribution in [3.8, 4) is 39.4 Å². The summed E-state index contributed by atoms with van der Waals surface area (Å²) in [5.74, 6) is 2.37. The number of ether oxygens (including phenoxy) is 1. The van der Waals surface area contributed by atoms with Crippen molar-refractivity contribution in [1.29, 1.82) is 0 Å². The standard InChI is InChI=1S/C60H47N5OTe/c1-60(2,3)43-32-34-44(35-33-43)62-40-63(53-29-13-12-28-52(53)62)45-22-16-23-46(38-45)66-47-36-37-57-55(39-47)64(54-30-14-15-31-56(54)67-57)59-61-50-26-10-11-27-51(50)65(59)58-48(41-18-6-4-7-19-41)24-17-25-49(58)42-20-8-5-9-21-42/h4-39H,40H2,1-3H3. The molecule has 0 saturated heterocycles. The molecule has 0 atom stereocenters. The predicted octanol–water partition coefficient (Wildman–Crippen LogP) is 14.1. The molecule has 3 heterocycles. The molecule has 9 aromatic carbocycles. The third-order valence-corrected chi connectivity index (χ3v) is 16.1. The van der Waals surface area contributed by atoms with Crippen molar-refractivity contribution in [1.82, 2.24) is 9.55 Å². The summed E-state index contributed by atoms with van der Waals surface area (Å²) < 4.78 is 12.0. The number of fused-ring (bicyclic) bond motifs is 4. The molecule has 0 radical (unpaired) electrons. The Bertz CT molecular complexity index is 3390. The Morgan fingerprint density at radius 1 is 0.478 bits per heavy atom. The van der Waals surface area contributed by atoms with Gasteiger partial charge in [0, 0.05) is 0 Å². The van der Waals surface area contributed by atoms with Crippen LogP contribution in [0, 0.1) is 0 Å². The second kappa shape index (κ2) is 16.7. The second-order valence-corrected chi connectivity index (χ2v) is 21.2. The van der Waals surface area contributed by atoms with Crippen molar-refractivity contribution in [3.63, 3.8) is 0 Å². The average Bonchev–Trinajstić information content (AvgIpc) is 3.95. The number of imidazole rings is 1. The molecule has 0 saturated carbocycles. The second-order valence-electron chi connectivity index (χ2n) is 18.1. The van der Waals surface area contributed by atoms with Gasteiger partial charge in [0.1, 0.15) is 0 Å². The van der Waals surface area contributed by atoms with Crippen molar-refractivity contribution in [2.75, 3.05) is 21.4 Å². The largest absolute Gasteiger partial charge is 0.0564 e. The first-order chi connectivity index (χ1) is 32.9. The Labute approximate surface area is 402 Å². The van der Waals surface area contributed by atoms with Crippen molar-refractivity contribution >= 4 is 79.3 Å². The van der Waals surface area contributed by atoms with E-state index < -0.39 is 20.9 Å². The minimum atomic E-state index is -0.743. The molecule has 0 spiro atoms. The van der Waals surface area contributed by atoms with Gasteiger partial charge in [-0.15, -0.1) is 0 Å². The number of nitrogens with zero attached hydrogens (tertiary/aromatic N) is 5. The van der Waals surface area contributed by atoms with Gasteiger partial charge in [0.2, 0.25) is 0 Å². The van der Waals surface area contributed by atoms with Gasteiger partial charge in [-0.2, -0.15) is 0 Å². The maximum Gasteiger partial charge on any atom is -0.0380 e. The molecular formula is C60H47N5OTe. The van der Waals surface area contributed by atoms with E-state index in [1.807, 2.05) is 0 Å². The number of para-hydroxylation sites is 6. The Hall–Kier alpha value is -7.56. The van der Waals surface area contributed by atoms with Gasteiger partial charge in [-0.05, 0) is 23.1 Å². The summed E-state index contributed by atoms with van der Waals surface area (Å²) in [5, 5.41) is 0. The first kappa shape index (κ1) is 40.9. The van der Waals surface area contributed by atoms with Crippen molar-refractivity contribution in [3.05, 3.63) is 224 Å². The van der Waals surface area contributed by atoms with Gasteiger partial charge in [-0.25, -0.2) is 0 Å². The smallest absolute Gasteiger partial charge is 0.0380 e. The fourth-order valence-corrected chi connectivity index (χ4v) is 12.5. The van der Waals surface area contributed by atoms with Crippen LogP contribution in [0.1, 0.15) is 26.3 Å². The number of anilines is 7. The van der Waals surface area contributed by atoms with E-state index in [9.17, 15) is 0 Å². The molecule has 6 nitrogen and oxygen atoms in total. The molecule has 0 amide bonds. The van der Waals surface area contributed by atoms with Gasteiger partial charge in [-0.3, -0.25) is 0 Å². The third-order valence-electron chi connectivity index (χ3n) is 12.8. The van der Waals surface area contributed by atoms with Crippen LogP contribution in [0.2, 0.25) is 0 Å². The zero-order chi connectivity index (χ0) is 45.1. The molecule has 67 heavy (non-hydrogen) atoms. The summed E-state index contributed by atoms with van der Waals surface area (Å²) in [4.78, 5) is 12.7. The SMILES string of the molecule is CC(C)(C)c1ccc(N2CN(c3cccc(Oc4ccc5c(c4)N(c4nc6ccccc6n4-c4c(-c6ccccc6)cccc4-c4ccccc4)c4ccccc4[Te]5)c3)c3ccccc32)cc1. The van der Waals surface area contributed by atoms with Crippen LogP contribution in [0.5, 0.6) is 11.5 Å². The molecule has 0 unspecified atom stereocenters. The van der Waals surface area contributed by atoms with Crippen molar-refractivity contribution in [2.45, 2.75) is 26.2 Å². The van der Waals surface area contributed by atoms with Crippen LogP contribution < -0.4 is 26.7 Å². The van der Waals surface area contributed by atoms with E-state index in [0.29, 0.717) is 6.67 Å². The zero-order valence-electron chi connectivity index (χ0n) is 37.5. The predicted molar refractivity (Wildman–Crippen MR) is 279 cm³/mol. The Kier molecular flexibility index (Phi) is 10.2. The normalized spacial score (nSPS) is 13.1. The molecule has 0 aliphatic carbocycles. The van der Waals surface area contributed by atoms with Gasteiger partial charge >= 0.3 is 342 Å². The van der Waals surface area contributed by atoms with Gasteiger partial charge in [0.25, 0.3) is 0 Å².